The van der Waals surface area contributed by atoms with Gasteiger partial charge in [-0.1, -0.05) is 25.4 Å². The quantitative estimate of drug-likeness (QED) is 0.427. The van der Waals surface area contributed by atoms with Gasteiger partial charge in [-0.25, -0.2) is 0 Å². The summed E-state index contributed by atoms with van der Waals surface area (Å²) in [6.45, 7) is 3.83. The molecular formula is C23H18BrClF3N3OS. The van der Waals surface area contributed by atoms with Crippen molar-refractivity contribution in [2.45, 2.75) is 38.8 Å². The molecule has 1 atom stereocenters. The van der Waals surface area contributed by atoms with Gasteiger partial charge in [0.1, 0.15) is 5.82 Å². The average molecular weight is 557 g/mol. The Morgan fingerprint density at radius 3 is 2.58 bits per heavy atom. The summed E-state index contributed by atoms with van der Waals surface area (Å²) in [5.74, 6) is -0.882. The molecule has 2 aromatic rings. The van der Waals surface area contributed by atoms with Gasteiger partial charge in [0.25, 0.3) is 0 Å². The summed E-state index contributed by atoms with van der Waals surface area (Å²) in [6.07, 6.45) is -3.98. The molecule has 0 spiro atoms. The van der Waals surface area contributed by atoms with Crippen LogP contribution in [0.2, 0.25) is 5.02 Å². The van der Waals surface area contributed by atoms with Gasteiger partial charge in [-0.2, -0.15) is 18.4 Å². The lowest BCUT2D eigenvalue weighted by Crippen LogP contribution is -2.42. The maximum atomic E-state index is 13.5. The molecule has 1 aliphatic carbocycles. The summed E-state index contributed by atoms with van der Waals surface area (Å²) in [6, 6.07) is 6.87. The van der Waals surface area contributed by atoms with E-state index in [0.717, 1.165) is 27.5 Å². The van der Waals surface area contributed by atoms with E-state index in [-0.39, 0.29) is 34.3 Å². The van der Waals surface area contributed by atoms with Crippen molar-refractivity contribution in [3.8, 4) is 6.07 Å². The number of nitrogens with zero attached hydrogens (tertiary/aromatic N) is 2. The van der Waals surface area contributed by atoms with E-state index in [1.54, 1.807) is 0 Å². The van der Waals surface area contributed by atoms with Crippen molar-refractivity contribution in [1.29, 1.82) is 5.26 Å². The summed E-state index contributed by atoms with van der Waals surface area (Å²) in [5.41, 5.74) is 6.05. The van der Waals surface area contributed by atoms with E-state index < -0.39 is 23.1 Å². The minimum absolute atomic E-state index is 0.0134. The zero-order chi connectivity index (χ0) is 24.3. The van der Waals surface area contributed by atoms with Crippen molar-refractivity contribution in [2.75, 3.05) is 4.90 Å². The third kappa shape index (κ3) is 4.20. The molecule has 1 aromatic carbocycles. The van der Waals surface area contributed by atoms with Gasteiger partial charge in [-0.3, -0.25) is 9.69 Å². The van der Waals surface area contributed by atoms with Crippen molar-refractivity contribution >= 4 is 50.3 Å². The van der Waals surface area contributed by atoms with Gasteiger partial charge >= 0.3 is 6.18 Å². The van der Waals surface area contributed by atoms with Crippen LogP contribution >= 0.6 is 38.9 Å². The van der Waals surface area contributed by atoms with Gasteiger partial charge in [-0.05, 0) is 52.0 Å². The number of halogens is 5. The van der Waals surface area contributed by atoms with E-state index in [1.807, 2.05) is 25.3 Å². The van der Waals surface area contributed by atoms with Crippen molar-refractivity contribution in [3.05, 3.63) is 72.2 Å². The van der Waals surface area contributed by atoms with Crippen LogP contribution in [0.15, 0.2) is 56.8 Å². The number of allylic oxidation sites excluding steroid dienone is 3. The van der Waals surface area contributed by atoms with Crippen LogP contribution < -0.4 is 10.6 Å². The molecule has 0 saturated heterocycles. The second-order valence-corrected chi connectivity index (χ2v) is 11.1. The monoisotopic (exact) mass is 555 g/mol. The predicted molar refractivity (Wildman–Crippen MR) is 126 cm³/mol. The number of carbonyl (C=O) groups is 1. The minimum Gasteiger partial charge on any atom is -0.384 e. The molecule has 2 aliphatic rings. The molecule has 0 radical (unpaired) electrons. The highest BCUT2D eigenvalue weighted by molar-refractivity contribution is 9.10. The number of hydrogen-bond acceptors (Lipinski definition) is 5. The number of rotatable bonds is 2. The first kappa shape index (κ1) is 23.9. The molecule has 0 unspecified atom stereocenters. The molecule has 2 N–H and O–H groups in total. The fourth-order valence-electron chi connectivity index (χ4n) is 4.41. The first-order chi connectivity index (χ1) is 15.3. The molecule has 4 rings (SSSR count). The van der Waals surface area contributed by atoms with Crippen LogP contribution in [0.1, 0.15) is 43.0 Å². The van der Waals surface area contributed by atoms with Gasteiger partial charge in [0.15, 0.2) is 5.78 Å². The van der Waals surface area contributed by atoms with Crippen LogP contribution in [0.25, 0.3) is 0 Å². The Morgan fingerprint density at radius 1 is 1.30 bits per heavy atom. The first-order valence-corrected chi connectivity index (χ1v) is 12.0. The number of nitriles is 1. The van der Waals surface area contributed by atoms with Gasteiger partial charge in [0.2, 0.25) is 0 Å². The zero-order valence-corrected chi connectivity index (χ0v) is 20.7. The maximum Gasteiger partial charge on any atom is 0.416 e. The molecule has 4 nitrogen and oxygen atoms in total. The highest BCUT2D eigenvalue weighted by atomic mass is 79.9. The van der Waals surface area contributed by atoms with Crippen LogP contribution in [-0.4, -0.2) is 5.78 Å². The van der Waals surface area contributed by atoms with Crippen molar-refractivity contribution < 1.29 is 18.0 Å². The van der Waals surface area contributed by atoms with E-state index in [9.17, 15) is 23.2 Å². The topological polar surface area (TPSA) is 70.1 Å². The largest absolute Gasteiger partial charge is 0.416 e. The van der Waals surface area contributed by atoms with Crippen LogP contribution in [0.5, 0.6) is 0 Å². The predicted octanol–water partition coefficient (Wildman–Crippen LogP) is 7.12. The zero-order valence-electron chi connectivity index (χ0n) is 17.6. The molecule has 0 saturated carbocycles. The van der Waals surface area contributed by atoms with Gasteiger partial charge < -0.3 is 5.73 Å². The van der Waals surface area contributed by atoms with E-state index in [4.69, 9.17) is 17.3 Å². The Bertz CT molecular complexity index is 1270. The normalized spacial score (nSPS) is 20.7. The summed E-state index contributed by atoms with van der Waals surface area (Å²) in [5, 5.41) is 11.9. The van der Waals surface area contributed by atoms with E-state index in [2.05, 4.69) is 22.0 Å². The minimum atomic E-state index is -4.60. The lowest BCUT2D eigenvalue weighted by molar-refractivity contribution is -0.137. The highest BCUT2D eigenvalue weighted by Crippen LogP contribution is 2.52. The SMILES string of the molecule is CC1(C)CC(=O)C2=C(C1)N(c1cc(C(F)(F)F)ccc1Cl)C(N)=C(C#N)[C@H]2c1cc(Br)cs1. The molecule has 0 amide bonds. The van der Waals surface area contributed by atoms with E-state index in [0.29, 0.717) is 17.7 Å². The van der Waals surface area contributed by atoms with Crippen LogP contribution in [0.3, 0.4) is 0 Å². The van der Waals surface area contributed by atoms with Crippen molar-refractivity contribution in [3.63, 3.8) is 0 Å². The molecule has 10 heteroatoms. The Hall–Kier alpha value is -2.28. The molecule has 2 heterocycles. The second kappa shape index (κ2) is 8.19. The van der Waals surface area contributed by atoms with Gasteiger partial charge in [0.05, 0.1) is 33.8 Å². The molecular weight excluding hydrogens is 539 g/mol. The maximum absolute atomic E-state index is 13.5. The Labute approximate surface area is 206 Å². The molecule has 172 valence electrons. The number of carbonyl (C=O) groups excluding carboxylic acids is 1. The number of alkyl halides is 3. The average Bonchev–Trinajstić information content (AvgIpc) is 3.12. The molecule has 33 heavy (non-hydrogen) atoms. The van der Waals surface area contributed by atoms with Crippen molar-refractivity contribution in [2.24, 2.45) is 11.1 Å². The highest BCUT2D eigenvalue weighted by Gasteiger charge is 2.45. The Morgan fingerprint density at radius 2 is 2.00 bits per heavy atom. The number of anilines is 1. The third-order valence-corrected chi connectivity index (χ3v) is 7.85. The van der Waals surface area contributed by atoms with Crippen LogP contribution in [0.4, 0.5) is 18.9 Å². The third-order valence-electron chi connectivity index (χ3n) is 5.77. The second-order valence-electron chi connectivity index (χ2n) is 8.81. The Kier molecular flexibility index (Phi) is 5.92. The van der Waals surface area contributed by atoms with E-state index in [1.165, 1.54) is 16.2 Å². The van der Waals surface area contributed by atoms with E-state index >= 15 is 0 Å². The van der Waals surface area contributed by atoms with Crippen molar-refractivity contribution in [1.82, 2.24) is 0 Å². The fraction of sp³-hybridized carbons (Fsp3) is 0.304. The van der Waals surface area contributed by atoms with Gasteiger partial charge in [-0.15, -0.1) is 11.3 Å². The number of thiophene rings is 1. The summed E-state index contributed by atoms with van der Waals surface area (Å²) < 4.78 is 41.3. The standard InChI is InChI=1S/C23H18BrClF3N3OS/c1-22(2)7-16-20(17(32)8-22)19(18-6-12(24)10-33-18)13(9-29)21(30)31(16)15-5-11(23(26,27)28)3-4-14(15)25/h3-6,10,19H,7-8,30H2,1-2H3/t19-/m0/s1. The summed E-state index contributed by atoms with van der Waals surface area (Å²) in [4.78, 5) is 15.5. The number of benzene rings is 1. The molecule has 1 aliphatic heterocycles. The van der Waals surface area contributed by atoms with Crippen LogP contribution in [0, 0.1) is 16.7 Å². The molecule has 0 fully saturated rings. The van der Waals surface area contributed by atoms with Crippen LogP contribution in [-0.2, 0) is 11.0 Å². The summed E-state index contributed by atoms with van der Waals surface area (Å²) >= 11 is 11.1. The first-order valence-electron chi connectivity index (χ1n) is 9.91. The number of Topliss-reactive ketones (excluding diaryl/α,β-unsaturated/α-hetero) is 1. The molecule has 1 aromatic heterocycles. The number of hydrogen-bond donors (Lipinski definition) is 1. The fourth-order valence-corrected chi connectivity index (χ4v) is 6.17. The number of nitrogens with two attached hydrogens (primary N) is 1. The molecule has 0 bridgehead atoms. The smallest absolute Gasteiger partial charge is 0.384 e. The lowest BCUT2D eigenvalue weighted by Gasteiger charge is -2.43. The summed E-state index contributed by atoms with van der Waals surface area (Å²) in [7, 11) is 0. The van der Waals surface area contributed by atoms with Gasteiger partial charge in [0, 0.05) is 32.4 Å². The number of ketones is 1. The Balaban J connectivity index is 2.03. The lowest BCUT2D eigenvalue weighted by atomic mass is 9.69.